The Morgan fingerprint density at radius 1 is 1.33 bits per heavy atom. The lowest BCUT2D eigenvalue weighted by Crippen LogP contribution is -2.44. The molecule has 3 atom stereocenters. The highest BCUT2D eigenvalue weighted by Crippen LogP contribution is 2.29. The predicted molar refractivity (Wildman–Crippen MR) is 56.4 cm³/mol. The summed E-state index contributed by atoms with van der Waals surface area (Å²) in [6.07, 6.45) is 2.87. The Morgan fingerprint density at radius 2 is 2.00 bits per heavy atom. The summed E-state index contributed by atoms with van der Waals surface area (Å²) >= 11 is 0. The van der Waals surface area contributed by atoms with E-state index < -0.39 is 12.4 Å². The van der Waals surface area contributed by atoms with Gasteiger partial charge in [-0.05, 0) is 18.3 Å². The number of amides is 1. The quantitative estimate of drug-likeness (QED) is 0.696. The van der Waals surface area contributed by atoms with Crippen LogP contribution in [0.3, 0.4) is 0 Å². The highest BCUT2D eigenvalue weighted by molar-refractivity contribution is 5.93. The molecule has 1 aliphatic rings. The van der Waals surface area contributed by atoms with Crippen LogP contribution >= 0.6 is 0 Å². The third-order valence-electron chi connectivity index (χ3n) is 3.37. The number of carbonyl (C=O) groups excluding carboxylic acids is 1. The maximum Gasteiger partial charge on any atom is 0.312 e. The summed E-state index contributed by atoms with van der Waals surface area (Å²) in [5, 5.41) is 11.3. The molecule has 0 spiro atoms. The molecule has 0 saturated heterocycles. The molecule has 15 heavy (non-hydrogen) atoms. The molecule has 2 N–H and O–H groups in total. The lowest BCUT2D eigenvalue weighted by Gasteiger charge is -2.34. The fourth-order valence-corrected chi connectivity index (χ4v) is 2.18. The molecular formula is C11H19NO3. The summed E-state index contributed by atoms with van der Waals surface area (Å²) in [4.78, 5) is 21.6. The number of nitrogens with one attached hydrogen (secondary N) is 1. The van der Waals surface area contributed by atoms with Gasteiger partial charge in [0.25, 0.3) is 0 Å². The first kappa shape index (κ1) is 12.0. The van der Waals surface area contributed by atoms with Crippen molar-refractivity contribution in [2.75, 3.05) is 0 Å². The summed E-state index contributed by atoms with van der Waals surface area (Å²) in [6.45, 7) is 4.30. The third kappa shape index (κ3) is 3.53. The molecule has 86 valence electrons. The van der Waals surface area contributed by atoms with E-state index >= 15 is 0 Å². The van der Waals surface area contributed by atoms with Crippen molar-refractivity contribution in [2.24, 2.45) is 11.8 Å². The molecule has 1 rings (SSSR count). The van der Waals surface area contributed by atoms with Gasteiger partial charge >= 0.3 is 5.97 Å². The Kier molecular flexibility index (Phi) is 4.12. The summed E-state index contributed by atoms with van der Waals surface area (Å²) in [5.74, 6) is -0.386. The van der Waals surface area contributed by atoms with E-state index in [0.29, 0.717) is 11.8 Å². The molecule has 0 aromatic carbocycles. The molecule has 0 heterocycles. The molecule has 0 aromatic rings. The topological polar surface area (TPSA) is 66.4 Å². The van der Waals surface area contributed by atoms with Crippen molar-refractivity contribution >= 4 is 11.9 Å². The van der Waals surface area contributed by atoms with Crippen molar-refractivity contribution in [2.45, 2.75) is 45.6 Å². The number of carboxylic acids is 1. The van der Waals surface area contributed by atoms with Gasteiger partial charge in [-0.1, -0.05) is 26.7 Å². The van der Waals surface area contributed by atoms with E-state index in [1.165, 1.54) is 6.42 Å². The SMILES string of the molecule is CC1CCCC(NC(=O)CC(=O)O)C1C. The normalized spacial score (nSPS) is 30.9. The summed E-state index contributed by atoms with van der Waals surface area (Å²) in [7, 11) is 0. The minimum atomic E-state index is -1.07. The Bertz CT molecular complexity index is 252. The number of hydrogen-bond acceptors (Lipinski definition) is 2. The van der Waals surface area contributed by atoms with E-state index in [9.17, 15) is 9.59 Å². The maximum absolute atomic E-state index is 11.3. The Morgan fingerprint density at radius 3 is 2.60 bits per heavy atom. The fraction of sp³-hybridized carbons (Fsp3) is 0.818. The van der Waals surface area contributed by atoms with Gasteiger partial charge in [-0.2, -0.15) is 0 Å². The second kappa shape index (κ2) is 5.14. The summed E-state index contributed by atoms with van der Waals surface area (Å²) in [6, 6.07) is 0.153. The average molecular weight is 213 g/mol. The van der Waals surface area contributed by atoms with Crippen molar-refractivity contribution in [3.63, 3.8) is 0 Å². The molecule has 4 nitrogen and oxygen atoms in total. The van der Waals surface area contributed by atoms with E-state index in [0.717, 1.165) is 12.8 Å². The zero-order valence-electron chi connectivity index (χ0n) is 9.32. The van der Waals surface area contributed by atoms with Gasteiger partial charge in [0.05, 0.1) is 0 Å². The van der Waals surface area contributed by atoms with Gasteiger partial charge < -0.3 is 10.4 Å². The second-order valence-electron chi connectivity index (χ2n) is 4.51. The van der Waals surface area contributed by atoms with Crippen LogP contribution in [-0.4, -0.2) is 23.0 Å². The molecule has 4 heteroatoms. The van der Waals surface area contributed by atoms with Gasteiger partial charge in [-0.3, -0.25) is 9.59 Å². The van der Waals surface area contributed by atoms with Crippen molar-refractivity contribution in [1.82, 2.24) is 5.32 Å². The maximum atomic E-state index is 11.3. The van der Waals surface area contributed by atoms with Gasteiger partial charge in [-0.25, -0.2) is 0 Å². The molecule has 0 bridgehead atoms. The van der Waals surface area contributed by atoms with Crippen LogP contribution in [-0.2, 0) is 9.59 Å². The summed E-state index contributed by atoms with van der Waals surface area (Å²) < 4.78 is 0. The standard InChI is InChI=1S/C11H19NO3/c1-7-4-3-5-9(8(7)2)12-10(13)6-11(14)15/h7-9H,3-6H2,1-2H3,(H,12,13)(H,14,15). The highest BCUT2D eigenvalue weighted by Gasteiger charge is 2.28. The van der Waals surface area contributed by atoms with Crippen LogP contribution in [0, 0.1) is 11.8 Å². The van der Waals surface area contributed by atoms with E-state index in [-0.39, 0.29) is 11.9 Å². The molecule has 1 aliphatic carbocycles. The van der Waals surface area contributed by atoms with Gasteiger partial charge in [0.15, 0.2) is 0 Å². The zero-order chi connectivity index (χ0) is 11.4. The number of aliphatic carboxylic acids is 1. The molecule has 1 fully saturated rings. The second-order valence-corrected chi connectivity index (χ2v) is 4.51. The van der Waals surface area contributed by atoms with Crippen LogP contribution in [0.25, 0.3) is 0 Å². The van der Waals surface area contributed by atoms with Crippen molar-refractivity contribution in [1.29, 1.82) is 0 Å². The lowest BCUT2D eigenvalue weighted by molar-refractivity contribution is -0.141. The molecule has 1 amide bonds. The van der Waals surface area contributed by atoms with Crippen molar-refractivity contribution < 1.29 is 14.7 Å². The Balaban J connectivity index is 2.43. The van der Waals surface area contributed by atoms with E-state index in [4.69, 9.17) is 5.11 Å². The highest BCUT2D eigenvalue weighted by atomic mass is 16.4. The van der Waals surface area contributed by atoms with Crippen LogP contribution in [0.2, 0.25) is 0 Å². The smallest absolute Gasteiger partial charge is 0.312 e. The average Bonchev–Trinajstić information content (AvgIpc) is 2.11. The Hall–Kier alpha value is -1.06. The number of rotatable bonds is 3. The van der Waals surface area contributed by atoms with E-state index in [1.54, 1.807) is 0 Å². The largest absolute Gasteiger partial charge is 0.481 e. The first-order chi connectivity index (χ1) is 7.00. The van der Waals surface area contributed by atoms with Crippen LogP contribution in [0.1, 0.15) is 39.5 Å². The van der Waals surface area contributed by atoms with Crippen LogP contribution in [0.5, 0.6) is 0 Å². The summed E-state index contributed by atoms with van der Waals surface area (Å²) in [5.41, 5.74) is 0. The van der Waals surface area contributed by atoms with E-state index in [2.05, 4.69) is 19.2 Å². The first-order valence-electron chi connectivity index (χ1n) is 5.52. The van der Waals surface area contributed by atoms with Crippen LogP contribution in [0.4, 0.5) is 0 Å². The molecule has 1 saturated carbocycles. The van der Waals surface area contributed by atoms with E-state index in [1.807, 2.05) is 0 Å². The Labute approximate surface area is 90.0 Å². The molecule has 3 unspecified atom stereocenters. The minimum absolute atomic E-state index is 0.153. The van der Waals surface area contributed by atoms with Crippen molar-refractivity contribution in [3.8, 4) is 0 Å². The van der Waals surface area contributed by atoms with Gasteiger partial charge in [0.1, 0.15) is 6.42 Å². The minimum Gasteiger partial charge on any atom is -0.481 e. The molecular weight excluding hydrogens is 194 g/mol. The molecule has 0 aromatic heterocycles. The van der Waals surface area contributed by atoms with Crippen LogP contribution in [0.15, 0.2) is 0 Å². The van der Waals surface area contributed by atoms with Crippen LogP contribution < -0.4 is 5.32 Å². The lowest BCUT2D eigenvalue weighted by atomic mass is 9.78. The number of carboxylic acid groups (broad SMARTS) is 1. The number of hydrogen-bond donors (Lipinski definition) is 2. The predicted octanol–water partition coefficient (Wildman–Crippen LogP) is 1.40. The fourth-order valence-electron chi connectivity index (χ4n) is 2.18. The zero-order valence-corrected chi connectivity index (χ0v) is 9.32. The van der Waals surface area contributed by atoms with Gasteiger partial charge in [0, 0.05) is 6.04 Å². The first-order valence-corrected chi connectivity index (χ1v) is 5.52. The van der Waals surface area contributed by atoms with Gasteiger partial charge in [-0.15, -0.1) is 0 Å². The van der Waals surface area contributed by atoms with Crippen molar-refractivity contribution in [3.05, 3.63) is 0 Å². The van der Waals surface area contributed by atoms with Gasteiger partial charge in [0.2, 0.25) is 5.91 Å². The molecule has 0 radical (unpaired) electrons. The monoisotopic (exact) mass is 213 g/mol. The number of carbonyl (C=O) groups is 2. The third-order valence-corrected chi connectivity index (χ3v) is 3.37. The molecule has 0 aliphatic heterocycles.